The minimum absolute atomic E-state index is 0.0707. The summed E-state index contributed by atoms with van der Waals surface area (Å²) in [6, 6.07) is 2.86. The number of piperidine rings is 1. The van der Waals surface area contributed by atoms with Gasteiger partial charge in [0, 0.05) is 56.5 Å². The van der Waals surface area contributed by atoms with Crippen LogP contribution in [-0.2, 0) is 16.1 Å². The molecule has 32 heavy (non-hydrogen) atoms. The molecule has 0 radical (unpaired) electrons. The molecule has 3 aliphatic rings. The second-order valence-corrected chi connectivity index (χ2v) is 10.2. The molecule has 4 rings (SSSR count). The van der Waals surface area contributed by atoms with E-state index in [1.165, 1.54) is 0 Å². The highest BCUT2D eigenvalue weighted by Gasteiger charge is 2.46. The Labute approximate surface area is 191 Å². The maximum atomic E-state index is 12.9. The van der Waals surface area contributed by atoms with Crippen LogP contribution in [0.15, 0.2) is 6.07 Å². The molecule has 1 spiro atoms. The SMILES string of the molecule is Cc1cc(C)n(CCC(=O)N2CCC3(CC2)CC(N(C(=O)NC(C)C)C2CC2)CCO3)n1. The number of hydrogen-bond donors (Lipinski definition) is 1. The standard InChI is InChI=1S/C24H39N5O3/c1-17(2)25-23(31)29(20-5-6-20)21-8-14-32-24(16-21)9-12-27(13-10-24)22(30)7-11-28-19(4)15-18(3)26-28/h15,17,20-21H,5-14,16H2,1-4H3,(H,25,31). The Balaban J connectivity index is 1.31. The van der Waals surface area contributed by atoms with Gasteiger partial charge in [-0.1, -0.05) is 0 Å². The van der Waals surface area contributed by atoms with Crippen LogP contribution in [0.3, 0.4) is 0 Å². The summed E-state index contributed by atoms with van der Waals surface area (Å²) in [7, 11) is 0. The minimum atomic E-state index is -0.208. The average Bonchev–Trinajstić information content (AvgIpc) is 3.50. The van der Waals surface area contributed by atoms with Crippen molar-refractivity contribution in [1.82, 2.24) is 24.9 Å². The quantitative estimate of drug-likeness (QED) is 0.730. The minimum Gasteiger partial charge on any atom is -0.375 e. The highest BCUT2D eigenvalue weighted by molar-refractivity contribution is 5.76. The molecular formula is C24H39N5O3. The fourth-order valence-corrected chi connectivity index (χ4v) is 5.32. The van der Waals surface area contributed by atoms with Crippen molar-refractivity contribution >= 4 is 11.9 Å². The monoisotopic (exact) mass is 445 g/mol. The molecule has 1 aliphatic carbocycles. The van der Waals surface area contributed by atoms with E-state index >= 15 is 0 Å². The van der Waals surface area contributed by atoms with Crippen molar-refractivity contribution in [2.75, 3.05) is 19.7 Å². The Bertz CT molecular complexity index is 824. The molecule has 0 bridgehead atoms. The lowest BCUT2D eigenvalue weighted by atomic mass is 9.81. The molecule has 1 unspecified atom stereocenters. The maximum Gasteiger partial charge on any atom is 0.318 e. The zero-order chi connectivity index (χ0) is 22.9. The van der Waals surface area contributed by atoms with Crippen molar-refractivity contribution in [2.45, 2.75) is 103 Å². The lowest BCUT2D eigenvalue weighted by molar-refractivity contribution is -0.148. The number of nitrogens with one attached hydrogen (secondary N) is 1. The van der Waals surface area contributed by atoms with Gasteiger partial charge in [-0.3, -0.25) is 9.48 Å². The number of carbonyl (C=O) groups excluding carboxylic acids is 2. The van der Waals surface area contributed by atoms with Crippen LogP contribution in [0.25, 0.3) is 0 Å². The van der Waals surface area contributed by atoms with Crippen molar-refractivity contribution < 1.29 is 14.3 Å². The van der Waals surface area contributed by atoms with E-state index < -0.39 is 0 Å². The highest BCUT2D eigenvalue weighted by Crippen LogP contribution is 2.40. The van der Waals surface area contributed by atoms with Crippen molar-refractivity contribution in [3.63, 3.8) is 0 Å². The number of rotatable bonds is 6. The Kier molecular flexibility index (Phi) is 6.79. The van der Waals surface area contributed by atoms with Crippen LogP contribution in [0, 0.1) is 13.8 Å². The number of likely N-dealkylation sites (tertiary alicyclic amines) is 1. The van der Waals surface area contributed by atoms with Gasteiger partial charge in [0.1, 0.15) is 0 Å². The summed E-state index contributed by atoms with van der Waals surface area (Å²) in [4.78, 5) is 29.8. The Morgan fingerprint density at radius 2 is 1.94 bits per heavy atom. The van der Waals surface area contributed by atoms with Gasteiger partial charge in [-0.25, -0.2) is 4.79 Å². The van der Waals surface area contributed by atoms with Crippen molar-refractivity contribution in [2.24, 2.45) is 0 Å². The summed E-state index contributed by atoms with van der Waals surface area (Å²) in [5.74, 6) is 0.190. The van der Waals surface area contributed by atoms with Gasteiger partial charge in [-0.05, 0) is 72.3 Å². The van der Waals surface area contributed by atoms with E-state index in [9.17, 15) is 9.59 Å². The lowest BCUT2D eigenvalue weighted by Gasteiger charge is -2.48. The number of aromatic nitrogens is 2. The molecule has 3 amide bonds. The third-order valence-electron chi connectivity index (χ3n) is 7.12. The van der Waals surface area contributed by atoms with Gasteiger partial charge in [0.15, 0.2) is 0 Å². The second kappa shape index (κ2) is 9.41. The molecule has 3 fully saturated rings. The number of amides is 3. The molecule has 1 aromatic heterocycles. The topological polar surface area (TPSA) is 79.7 Å². The van der Waals surface area contributed by atoms with Gasteiger partial charge in [-0.15, -0.1) is 0 Å². The summed E-state index contributed by atoms with van der Waals surface area (Å²) >= 11 is 0. The van der Waals surface area contributed by atoms with E-state index in [0.717, 1.165) is 63.0 Å². The van der Waals surface area contributed by atoms with Crippen LogP contribution in [0.4, 0.5) is 4.79 Å². The summed E-state index contributed by atoms with van der Waals surface area (Å²) in [6.45, 7) is 10.8. The van der Waals surface area contributed by atoms with Gasteiger partial charge < -0.3 is 19.9 Å². The summed E-state index contributed by atoms with van der Waals surface area (Å²) in [6.07, 6.45) is 6.15. The van der Waals surface area contributed by atoms with Gasteiger partial charge >= 0.3 is 6.03 Å². The number of aryl methyl sites for hydroxylation is 3. The molecule has 1 saturated carbocycles. The van der Waals surface area contributed by atoms with E-state index in [-0.39, 0.29) is 29.6 Å². The zero-order valence-corrected chi connectivity index (χ0v) is 20.1. The van der Waals surface area contributed by atoms with Gasteiger partial charge in [0.2, 0.25) is 5.91 Å². The predicted octanol–water partition coefficient (Wildman–Crippen LogP) is 3.01. The molecule has 8 nitrogen and oxygen atoms in total. The molecule has 2 saturated heterocycles. The van der Waals surface area contributed by atoms with Crippen molar-refractivity contribution in [3.05, 3.63) is 17.5 Å². The third kappa shape index (κ3) is 5.27. The van der Waals surface area contributed by atoms with E-state index in [2.05, 4.69) is 15.3 Å². The van der Waals surface area contributed by atoms with Crippen LogP contribution < -0.4 is 5.32 Å². The first-order valence-electron chi connectivity index (χ1n) is 12.3. The number of hydrogen-bond acceptors (Lipinski definition) is 4. The Morgan fingerprint density at radius 1 is 1.22 bits per heavy atom. The zero-order valence-electron chi connectivity index (χ0n) is 20.1. The third-order valence-corrected chi connectivity index (χ3v) is 7.12. The average molecular weight is 446 g/mol. The molecule has 8 heteroatoms. The van der Waals surface area contributed by atoms with Gasteiger partial charge in [-0.2, -0.15) is 5.10 Å². The van der Waals surface area contributed by atoms with Gasteiger partial charge in [0.25, 0.3) is 0 Å². The number of nitrogens with zero attached hydrogens (tertiary/aromatic N) is 4. The molecule has 0 aromatic carbocycles. The second-order valence-electron chi connectivity index (χ2n) is 10.2. The highest BCUT2D eigenvalue weighted by atomic mass is 16.5. The van der Waals surface area contributed by atoms with Gasteiger partial charge in [0.05, 0.1) is 11.3 Å². The Morgan fingerprint density at radius 3 is 2.53 bits per heavy atom. The van der Waals surface area contributed by atoms with Crippen molar-refractivity contribution in [1.29, 1.82) is 0 Å². The smallest absolute Gasteiger partial charge is 0.318 e. The fourth-order valence-electron chi connectivity index (χ4n) is 5.32. The van der Waals surface area contributed by atoms with Crippen molar-refractivity contribution in [3.8, 4) is 0 Å². The number of ether oxygens (including phenoxy) is 1. The first-order chi connectivity index (χ1) is 15.3. The van der Waals surface area contributed by atoms with Crippen LogP contribution in [0.2, 0.25) is 0 Å². The fraction of sp³-hybridized carbons (Fsp3) is 0.792. The normalized spacial score (nSPS) is 22.9. The van der Waals surface area contributed by atoms with Crippen LogP contribution in [0.1, 0.15) is 70.2 Å². The maximum absolute atomic E-state index is 12.9. The molecule has 1 atom stereocenters. The van der Waals surface area contributed by atoms with E-state index in [1.54, 1.807) is 0 Å². The van der Waals surface area contributed by atoms with Crippen LogP contribution in [-0.4, -0.2) is 74.9 Å². The summed E-state index contributed by atoms with van der Waals surface area (Å²) in [5.41, 5.74) is 1.87. The molecule has 1 aromatic rings. The van der Waals surface area contributed by atoms with E-state index in [1.807, 2.05) is 43.3 Å². The summed E-state index contributed by atoms with van der Waals surface area (Å²) in [5, 5.41) is 7.55. The molecule has 1 N–H and O–H groups in total. The molecule has 178 valence electrons. The van der Waals surface area contributed by atoms with E-state index in [0.29, 0.717) is 25.6 Å². The lowest BCUT2D eigenvalue weighted by Crippen LogP contribution is -2.57. The largest absolute Gasteiger partial charge is 0.375 e. The van der Waals surface area contributed by atoms with E-state index in [4.69, 9.17) is 4.74 Å². The van der Waals surface area contributed by atoms with Crippen LogP contribution >= 0.6 is 0 Å². The molecular weight excluding hydrogens is 406 g/mol. The predicted molar refractivity (Wildman–Crippen MR) is 122 cm³/mol. The molecule has 2 aliphatic heterocycles. The Hall–Kier alpha value is -2.09. The number of urea groups is 1. The van der Waals surface area contributed by atoms with Crippen LogP contribution in [0.5, 0.6) is 0 Å². The first kappa shape index (κ1) is 23.1. The molecule has 3 heterocycles. The summed E-state index contributed by atoms with van der Waals surface area (Å²) < 4.78 is 8.23. The first-order valence-corrected chi connectivity index (χ1v) is 12.3. The number of carbonyl (C=O) groups is 2.